The van der Waals surface area contributed by atoms with Crippen LogP contribution in [0, 0.1) is 5.92 Å². The van der Waals surface area contributed by atoms with Crippen molar-refractivity contribution in [3.05, 3.63) is 23.5 Å². The highest BCUT2D eigenvalue weighted by Gasteiger charge is 2.17. The van der Waals surface area contributed by atoms with E-state index in [1.54, 1.807) is 18.5 Å². The SMILES string of the molecule is CC1CCC(NCCOc2cncc(Cl)c2)CC1. The zero-order chi connectivity index (χ0) is 12.8. The summed E-state index contributed by atoms with van der Waals surface area (Å²) >= 11 is 5.83. The van der Waals surface area contributed by atoms with Crippen molar-refractivity contribution in [3.63, 3.8) is 0 Å². The van der Waals surface area contributed by atoms with Crippen LogP contribution in [0.1, 0.15) is 32.6 Å². The molecule has 2 rings (SSSR count). The van der Waals surface area contributed by atoms with Crippen molar-refractivity contribution < 1.29 is 4.74 Å². The maximum atomic E-state index is 5.83. The highest BCUT2D eigenvalue weighted by atomic mass is 35.5. The Morgan fingerprint density at radius 1 is 1.33 bits per heavy atom. The van der Waals surface area contributed by atoms with Crippen LogP contribution in [0.3, 0.4) is 0 Å². The summed E-state index contributed by atoms with van der Waals surface area (Å²) in [6.45, 7) is 3.88. The fourth-order valence-electron chi connectivity index (χ4n) is 2.37. The molecule has 0 amide bonds. The predicted molar refractivity (Wildman–Crippen MR) is 74.2 cm³/mol. The van der Waals surface area contributed by atoms with E-state index in [9.17, 15) is 0 Å². The van der Waals surface area contributed by atoms with E-state index in [2.05, 4.69) is 17.2 Å². The lowest BCUT2D eigenvalue weighted by molar-refractivity contribution is 0.270. The van der Waals surface area contributed by atoms with Gasteiger partial charge in [-0.1, -0.05) is 18.5 Å². The molecule has 0 atom stereocenters. The summed E-state index contributed by atoms with van der Waals surface area (Å²) in [6, 6.07) is 2.46. The molecule has 0 radical (unpaired) electrons. The standard InChI is InChI=1S/C14H21ClN2O/c1-11-2-4-13(5-3-11)17-6-7-18-14-8-12(15)9-16-10-14/h8-11,13,17H,2-7H2,1H3. The zero-order valence-electron chi connectivity index (χ0n) is 10.9. The van der Waals surface area contributed by atoms with Gasteiger partial charge in [0.1, 0.15) is 12.4 Å². The summed E-state index contributed by atoms with van der Waals surface area (Å²) in [7, 11) is 0. The van der Waals surface area contributed by atoms with Crippen LogP contribution in [0.4, 0.5) is 0 Å². The number of pyridine rings is 1. The van der Waals surface area contributed by atoms with Gasteiger partial charge in [-0.25, -0.2) is 0 Å². The van der Waals surface area contributed by atoms with Crippen LogP contribution in [0.15, 0.2) is 18.5 Å². The molecule has 0 spiro atoms. The van der Waals surface area contributed by atoms with Gasteiger partial charge in [-0.2, -0.15) is 0 Å². The number of rotatable bonds is 5. The van der Waals surface area contributed by atoms with E-state index >= 15 is 0 Å². The Balaban J connectivity index is 1.61. The summed E-state index contributed by atoms with van der Waals surface area (Å²) in [4.78, 5) is 3.98. The molecule has 1 aromatic heterocycles. The quantitative estimate of drug-likeness (QED) is 0.832. The molecule has 0 aromatic carbocycles. The molecule has 3 nitrogen and oxygen atoms in total. The Kier molecular flexibility index (Phi) is 5.26. The lowest BCUT2D eigenvalue weighted by atomic mass is 9.87. The average molecular weight is 269 g/mol. The third-order valence-corrected chi connectivity index (χ3v) is 3.71. The topological polar surface area (TPSA) is 34.1 Å². The van der Waals surface area contributed by atoms with E-state index in [1.165, 1.54) is 25.7 Å². The monoisotopic (exact) mass is 268 g/mol. The molecule has 1 N–H and O–H groups in total. The van der Waals surface area contributed by atoms with Crippen molar-refractivity contribution in [2.75, 3.05) is 13.2 Å². The van der Waals surface area contributed by atoms with Crippen LogP contribution in [0.2, 0.25) is 5.02 Å². The van der Waals surface area contributed by atoms with Gasteiger partial charge in [-0.3, -0.25) is 4.98 Å². The maximum absolute atomic E-state index is 5.83. The third-order valence-electron chi connectivity index (χ3n) is 3.50. The highest BCUT2D eigenvalue weighted by Crippen LogP contribution is 2.23. The molecule has 100 valence electrons. The van der Waals surface area contributed by atoms with Crippen molar-refractivity contribution in [2.45, 2.75) is 38.6 Å². The molecule has 0 bridgehead atoms. The van der Waals surface area contributed by atoms with Gasteiger partial charge in [0.15, 0.2) is 0 Å². The number of aromatic nitrogens is 1. The highest BCUT2D eigenvalue weighted by molar-refractivity contribution is 6.30. The summed E-state index contributed by atoms with van der Waals surface area (Å²) in [5.41, 5.74) is 0. The second kappa shape index (κ2) is 6.95. The Labute approximate surface area is 114 Å². The second-order valence-electron chi connectivity index (χ2n) is 5.10. The molecule has 1 saturated carbocycles. The van der Waals surface area contributed by atoms with E-state index in [0.29, 0.717) is 17.7 Å². The fourth-order valence-corrected chi connectivity index (χ4v) is 2.53. The number of nitrogens with zero attached hydrogens (tertiary/aromatic N) is 1. The van der Waals surface area contributed by atoms with Crippen LogP contribution in [0.5, 0.6) is 5.75 Å². The predicted octanol–water partition coefficient (Wildman–Crippen LogP) is 3.28. The van der Waals surface area contributed by atoms with Crippen molar-refractivity contribution in [1.29, 1.82) is 0 Å². The van der Waals surface area contributed by atoms with Crippen LogP contribution < -0.4 is 10.1 Å². The van der Waals surface area contributed by atoms with Gasteiger partial charge in [0.2, 0.25) is 0 Å². The van der Waals surface area contributed by atoms with Gasteiger partial charge < -0.3 is 10.1 Å². The Hall–Kier alpha value is -0.800. The van der Waals surface area contributed by atoms with E-state index < -0.39 is 0 Å². The maximum Gasteiger partial charge on any atom is 0.139 e. The van der Waals surface area contributed by atoms with Gasteiger partial charge in [0, 0.05) is 24.8 Å². The minimum Gasteiger partial charge on any atom is -0.491 e. The van der Waals surface area contributed by atoms with Gasteiger partial charge in [-0.15, -0.1) is 0 Å². The molecular weight excluding hydrogens is 248 g/mol. The first-order chi connectivity index (χ1) is 8.74. The molecular formula is C14H21ClN2O. The van der Waals surface area contributed by atoms with Crippen LogP contribution >= 0.6 is 11.6 Å². The molecule has 0 unspecified atom stereocenters. The lowest BCUT2D eigenvalue weighted by Crippen LogP contribution is -2.35. The normalized spacial score (nSPS) is 23.9. The molecule has 1 heterocycles. The van der Waals surface area contributed by atoms with Crippen LogP contribution in [-0.4, -0.2) is 24.2 Å². The molecule has 4 heteroatoms. The smallest absolute Gasteiger partial charge is 0.139 e. The molecule has 0 aliphatic heterocycles. The van der Waals surface area contributed by atoms with Crippen LogP contribution in [-0.2, 0) is 0 Å². The van der Waals surface area contributed by atoms with Crippen LogP contribution in [0.25, 0.3) is 0 Å². The molecule has 1 aliphatic rings. The number of hydrogen-bond donors (Lipinski definition) is 1. The average Bonchev–Trinajstić information content (AvgIpc) is 2.37. The van der Waals surface area contributed by atoms with Crippen molar-refractivity contribution >= 4 is 11.6 Å². The fraction of sp³-hybridized carbons (Fsp3) is 0.643. The van der Waals surface area contributed by atoms with E-state index in [0.717, 1.165) is 18.2 Å². The first kappa shape index (κ1) is 13.6. The first-order valence-electron chi connectivity index (χ1n) is 6.71. The first-order valence-corrected chi connectivity index (χ1v) is 7.08. The number of hydrogen-bond acceptors (Lipinski definition) is 3. The summed E-state index contributed by atoms with van der Waals surface area (Å²) in [5, 5.41) is 4.16. The molecule has 1 aliphatic carbocycles. The summed E-state index contributed by atoms with van der Waals surface area (Å²) < 4.78 is 5.59. The number of nitrogens with one attached hydrogen (secondary N) is 1. The summed E-state index contributed by atoms with van der Waals surface area (Å²) in [6.07, 6.45) is 8.57. The van der Waals surface area contributed by atoms with Gasteiger partial charge in [0.05, 0.1) is 11.2 Å². The van der Waals surface area contributed by atoms with E-state index in [1.807, 2.05) is 0 Å². The summed E-state index contributed by atoms with van der Waals surface area (Å²) in [5.74, 6) is 1.64. The minimum atomic E-state index is 0.613. The number of ether oxygens (including phenoxy) is 1. The lowest BCUT2D eigenvalue weighted by Gasteiger charge is -2.26. The Morgan fingerprint density at radius 3 is 2.83 bits per heavy atom. The minimum absolute atomic E-state index is 0.613. The number of halogens is 1. The van der Waals surface area contributed by atoms with Crippen molar-refractivity contribution in [2.24, 2.45) is 5.92 Å². The van der Waals surface area contributed by atoms with Crippen molar-refractivity contribution in [1.82, 2.24) is 10.3 Å². The second-order valence-corrected chi connectivity index (χ2v) is 5.53. The molecule has 0 saturated heterocycles. The van der Waals surface area contributed by atoms with E-state index in [4.69, 9.17) is 16.3 Å². The van der Waals surface area contributed by atoms with Gasteiger partial charge in [-0.05, 0) is 31.6 Å². The Bertz CT molecular complexity index is 365. The zero-order valence-corrected chi connectivity index (χ0v) is 11.6. The molecule has 1 aromatic rings. The largest absolute Gasteiger partial charge is 0.491 e. The van der Waals surface area contributed by atoms with Crippen molar-refractivity contribution in [3.8, 4) is 5.75 Å². The molecule has 18 heavy (non-hydrogen) atoms. The molecule has 1 fully saturated rings. The third kappa shape index (κ3) is 4.46. The van der Waals surface area contributed by atoms with E-state index in [-0.39, 0.29) is 0 Å². The Morgan fingerprint density at radius 2 is 2.11 bits per heavy atom. The van der Waals surface area contributed by atoms with Gasteiger partial charge >= 0.3 is 0 Å². The van der Waals surface area contributed by atoms with Gasteiger partial charge in [0.25, 0.3) is 0 Å².